The van der Waals surface area contributed by atoms with Gasteiger partial charge >= 0.3 is 6.09 Å². The Balaban J connectivity index is 0.00000301. The summed E-state index contributed by atoms with van der Waals surface area (Å²) < 4.78 is 5.36. The Morgan fingerprint density at radius 3 is 1.88 bits per heavy atom. The Labute approximate surface area is 308 Å². The van der Waals surface area contributed by atoms with E-state index in [1.54, 1.807) is 41.5 Å². The molecule has 2 aromatic carbocycles. The molecule has 0 bridgehead atoms. The molecular weight excluding hydrogens is 662 g/mol. The first-order valence-electron chi connectivity index (χ1n) is 17.9. The molecule has 52 heavy (non-hydrogen) atoms. The average Bonchev–Trinajstić information content (AvgIpc) is 3.58. The molecule has 3 rings (SSSR count). The third kappa shape index (κ3) is 13.6. The van der Waals surface area contributed by atoms with Crippen molar-refractivity contribution in [3.63, 3.8) is 0 Å². The number of hydrogen-bond donors (Lipinski definition) is 4. The molecule has 1 unspecified atom stereocenters. The molecule has 0 radical (unpaired) electrons. The van der Waals surface area contributed by atoms with Gasteiger partial charge in [0.25, 0.3) is 5.91 Å². The summed E-state index contributed by atoms with van der Waals surface area (Å²) in [5, 5.41) is 10.5. The van der Waals surface area contributed by atoms with Gasteiger partial charge in [0, 0.05) is 6.54 Å². The largest absolute Gasteiger partial charge is 0.444 e. The van der Waals surface area contributed by atoms with Gasteiger partial charge in [0.2, 0.25) is 23.5 Å². The third-order valence-corrected chi connectivity index (χ3v) is 7.85. The van der Waals surface area contributed by atoms with Crippen LogP contribution in [0.25, 0.3) is 0 Å². The zero-order valence-corrected chi connectivity index (χ0v) is 31.9. The Bertz CT molecular complexity index is 1480. The van der Waals surface area contributed by atoms with Crippen molar-refractivity contribution in [2.24, 2.45) is 5.41 Å². The molecule has 0 aromatic heterocycles. The zero-order chi connectivity index (χ0) is 39.1. The minimum Gasteiger partial charge on any atom is -0.444 e. The van der Waals surface area contributed by atoms with Crippen LogP contribution in [0.3, 0.4) is 0 Å². The van der Waals surface area contributed by atoms with Crippen LogP contribution in [0.5, 0.6) is 0 Å². The van der Waals surface area contributed by atoms with Crippen LogP contribution in [-0.4, -0.2) is 77.2 Å². The fourth-order valence-electron chi connectivity index (χ4n) is 5.48. The van der Waals surface area contributed by atoms with E-state index in [1.165, 1.54) is 17.4 Å². The van der Waals surface area contributed by atoms with Crippen LogP contribution in [-0.2, 0) is 28.7 Å². The number of rotatable bonds is 13. The number of ether oxygens (including phenoxy) is 1. The van der Waals surface area contributed by atoms with E-state index in [9.17, 15) is 28.8 Å². The summed E-state index contributed by atoms with van der Waals surface area (Å²) in [6, 6.07) is 15.0. The van der Waals surface area contributed by atoms with E-state index in [0.717, 1.165) is 11.1 Å². The summed E-state index contributed by atoms with van der Waals surface area (Å²) >= 11 is 0. The predicted octanol–water partition coefficient (Wildman–Crippen LogP) is 4.99. The second kappa shape index (κ2) is 20.1. The lowest BCUT2D eigenvalue weighted by Crippen LogP contribution is -2.59. The summed E-state index contributed by atoms with van der Waals surface area (Å²) in [5.41, 5.74) is 0.186. The third-order valence-electron chi connectivity index (χ3n) is 7.85. The Morgan fingerprint density at radius 1 is 0.865 bits per heavy atom. The summed E-state index contributed by atoms with van der Waals surface area (Å²) in [7, 11) is 0. The Morgan fingerprint density at radius 2 is 1.40 bits per heavy atom. The molecule has 12 nitrogen and oxygen atoms in total. The number of ketones is 1. The average molecular weight is 720 g/mol. The summed E-state index contributed by atoms with van der Waals surface area (Å²) in [5.74, 6) is -3.60. The highest BCUT2D eigenvalue weighted by atomic mass is 16.6. The maximum Gasteiger partial charge on any atom is 0.408 e. The molecule has 5 amide bonds. The number of benzene rings is 2. The highest BCUT2D eigenvalue weighted by Gasteiger charge is 2.43. The van der Waals surface area contributed by atoms with Crippen LogP contribution in [0.15, 0.2) is 73.3 Å². The number of hydrogen-bond acceptors (Lipinski definition) is 7. The van der Waals surface area contributed by atoms with Crippen LogP contribution in [0.2, 0.25) is 0 Å². The molecule has 4 N–H and O–H groups in total. The highest BCUT2D eigenvalue weighted by molar-refractivity contribution is 6.38. The fourth-order valence-corrected chi connectivity index (χ4v) is 5.48. The van der Waals surface area contributed by atoms with E-state index >= 15 is 0 Å². The summed E-state index contributed by atoms with van der Waals surface area (Å²) in [6.07, 6.45) is 2.68. The molecule has 2 aromatic rings. The van der Waals surface area contributed by atoms with E-state index in [-0.39, 0.29) is 13.0 Å². The number of carbonyl (C=O) groups excluding carboxylic acids is 6. The van der Waals surface area contributed by atoms with Crippen molar-refractivity contribution in [3.8, 4) is 0 Å². The van der Waals surface area contributed by atoms with Gasteiger partial charge in [-0.1, -0.05) is 108 Å². The molecule has 284 valence electrons. The smallest absolute Gasteiger partial charge is 0.408 e. The molecule has 3 atom stereocenters. The normalized spacial score (nSPS) is 15.2. The molecule has 1 aliphatic rings. The van der Waals surface area contributed by atoms with Crippen LogP contribution in [0, 0.1) is 5.41 Å². The van der Waals surface area contributed by atoms with Crippen LogP contribution < -0.4 is 21.3 Å². The van der Waals surface area contributed by atoms with Crippen molar-refractivity contribution >= 4 is 35.5 Å². The number of carbonyl (C=O) groups is 6. The topological polar surface area (TPSA) is 163 Å². The van der Waals surface area contributed by atoms with E-state index < -0.39 is 77.2 Å². The van der Waals surface area contributed by atoms with Gasteiger partial charge in [-0.05, 0) is 56.6 Å². The van der Waals surface area contributed by atoms with E-state index in [0.29, 0.717) is 12.8 Å². The van der Waals surface area contributed by atoms with E-state index in [1.807, 2.05) is 60.7 Å². The van der Waals surface area contributed by atoms with Gasteiger partial charge in [0.05, 0.1) is 12.6 Å². The minimum absolute atomic E-state index is 0.0558. The summed E-state index contributed by atoms with van der Waals surface area (Å²) in [6.45, 7) is 18.2. The quantitative estimate of drug-likeness (QED) is 0.168. The Hall–Kier alpha value is -5.00. The predicted molar refractivity (Wildman–Crippen MR) is 201 cm³/mol. The Kier molecular flexibility index (Phi) is 16.7. The molecule has 1 heterocycles. The van der Waals surface area contributed by atoms with Gasteiger partial charge < -0.3 is 30.9 Å². The molecular formula is C40H57N5O7. The van der Waals surface area contributed by atoms with Gasteiger partial charge in [-0.25, -0.2) is 4.79 Å². The molecule has 1 aliphatic heterocycles. The van der Waals surface area contributed by atoms with Gasteiger partial charge in [-0.2, -0.15) is 0 Å². The van der Waals surface area contributed by atoms with Crippen molar-refractivity contribution in [1.29, 1.82) is 0 Å². The van der Waals surface area contributed by atoms with Crippen LogP contribution >= 0.6 is 0 Å². The number of amides is 5. The number of nitrogens with zero attached hydrogens (tertiary/aromatic N) is 1. The maximum atomic E-state index is 13.8. The van der Waals surface area contributed by atoms with E-state index in [2.05, 4.69) is 41.7 Å². The molecule has 0 spiro atoms. The van der Waals surface area contributed by atoms with Crippen molar-refractivity contribution in [2.75, 3.05) is 13.1 Å². The minimum atomic E-state index is -1.27. The highest BCUT2D eigenvalue weighted by Crippen LogP contribution is 2.27. The van der Waals surface area contributed by atoms with Crippen molar-refractivity contribution in [1.82, 2.24) is 26.2 Å². The van der Waals surface area contributed by atoms with Crippen molar-refractivity contribution < 1.29 is 33.5 Å². The van der Waals surface area contributed by atoms with Gasteiger partial charge in [0.1, 0.15) is 23.7 Å². The van der Waals surface area contributed by atoms with Crippen LogP contribution in [0.4, 0.5) is 4.79 Å². The number of nitrogens with one attached hydrogen (secondary N) is 4. The first kappa shape index (κ1) is 43.2. The van der Waals surface area contributed by atoms with Gasteiger partial charge in [-0.3, -0.25) is 24.0 Å². The lowest BCUT2D eigenvalue weighted by molar-refractivity contribution is -0.144. The first-order chi connectivity index (χ1) is 24.4. The second-order valence-corrected chi connectivity index (χ2v) is 14.8. The summed E-state index contributed by atoms with van der Waals surface area (Å²) in [4.78, 5) is 80.3. The van der Waals surface area contributed by atoms with Crippen molar-refractivity contribution in [2.45, 2.75) is 111 Å². The van der Waals surface area contributed by atoms with Crippen LogP contribution in [0.1, 0.15) is 98.2 Å². The van der Waals surface area contributed by atoms with Crippen molar-refractivity contribution in [3.05, 3.63) is 84.4 Å². The number of alkyl carbamates (subject to hydrolysis) is 1. The fraction of sp³-hybridized carbons (Fsp3) is 0.500. The molecule has 0 saturated carbocycles. The zero-order valence-electron chi connectivity index (χ0n) is 31.9. The maximum absolute atomic E-state index is 13.8. The molecule has 0 aliphatic carbocycles. The monoisotopic (exact) mass is 719 g/mol. The first-order valence-corrected chi connectivity index (χ1v) is 17.9. The number of Topliss-reactive ketones (excluding diaryl/α,β-unsaturated/α-hetero) is 1. The second-order valence-electron chi connectivity index (χ2n) is 14.8. The lowest BCUT2D eigenvalue weighted by atomic mass is 9.85. The lowest BCUT2D eigenvalue weighted by Gasteiger charge is -2.36. The SMILES string of the molecule is C=CCC(NC(=O)[C@@H]1CCCN1C(=O)[C@@H](NC(=O)OC(C)(C)C)C(C)(C)C)C(=O)C(=O)NCC(=O)NC(c1ccccc1)c1ccccc1.CCC. The van der Waals surface area contributed by atoms with Gasteiger partial charge in [0.15, 0.2) is 0 Å². The molecule has 1 saturated heterocycles. The molecule has 12 heteroatoms. The standard InChI is InChI=1S/C37H49N5O7.C3H8/c1-8-16-26(30(44)33(46)38-23-28(43)40-29(24-17-11-9-12-18-24)25-19-13-10-14-20-25)39-32(45)27-21-15-22-42(27)34(47)31(36(2,3)4)41-35(48)49-37(5,6)7;1-3-2/h8-14,17-20,26-27,29,31H,1,15-16,21-23H2,2-7H3,(H,38,46)(H,39,45)(H,40,43)(H,41,48);3H2,1-2H3/t26?,27-,31+;/m0./s1. The molecule has 1 fully saturated rings. The number of likely N-dealkylation sites (tertiary alicyclic amines) is 1. The van der Waals surface area contributed by atoms with Gasteiger partial charge in [-0.15, -0.1) is 6.58 Å². The van der Waals surface area contributed by atoms with E-state index in [4.69, 9.17) is 4.74 Å².